The molecule has 0 radical (unpaired) electrons. The van der Waals surface area contributed by atoms with E-state index in [1.807, 2.05) is 18.2 Å². The van der Waals surface area contributed by atoms with Crippen LogP contribution < -0.4 is 20.9 Å². The number of carbonyl (C=O) groups is 2. The summed E-state index contributed by atoms with van der Waals surface area (Å²) in [5, 5.41) is 8.61. The van der Waals surface area contributed by atoms with Gasteiger partial charge < -0.3 is 25.6 Å². The van der Waals surface area contributed by atoms with Gasteiger partial charge in [0.2, 0.25) is 11.9 Å². The molecule has 2 amide bonds. The van der Waals surface area contributed by atoms with E-state index in [2.05, 4.69) is 39.8 Å². The lowest BCUT2D eigenvalue weighted by Gasteiger charge is -2.28. The summed E-state index contributed by atoms with van der Waals surface area (Å²) >= 11 is 6.30. The Balaban J connectivity index is 1.67. The number of hydrogen-bond donors (Lipinski definition) is 3. The molecule has 38 heavy (non-hydrogen) atoms. The number of ether oxygens (including phenoxy) is 1. The molecule has 3 N–H and O–H groups in total. The van der Waals surface area contributed by atoms with Crippen LogP contribution in [0, 0.1) is 5.82 Å². The highest BCUT2D eigenvalue weighted by molar-refractivity contribution is 6.33. The summed E-state index contributed by atoms with van der Waals surface area (Å²) < 4.78 is 19.9. The highest BCUT2D eigenvalue weighted by Gasteiger charge is 2.33. The number of rotatable bonds is 8. The highest BCUT2D eigenvalue weighted by Crippen LogP contribution is 2.41. The standard InChI is InChI=1S/C27H30ClFN6O3/c1-27(2)11-10-22(36)35(12-13-38-4)21-14-16(8-9-18(21)27)32-26-31-15-19(28)24(34-26)33-23-17(25(37)30-3)6-5-7-20(23)29/h5-9,14-15H,10-13H2,1-4H3,(H,30,37)(H2,31,32,33,34). The number of anilines is 5. The van der Waals surface area contributed by atoms with Gasteiger partial charge in [-0.25, -0.2) is 9.37 Å². The molecular formula is C27H30ClFN6O3. The molecule has 0 spiro atoms. The fraction of sp³-hybridized carbons (Fsp3) is 0.333. The summed E-state index contributed by atoms with van der Waals surface area (Å²) in [5.74, 6) is -0.748. The van der Waals surface area contributed by atoms with Crippen LogP contribution in [0.3, 0.4) is 0 Å². The second kappa shape index (κ2) is 11.3. The first-order valence-electron chi connectivity index (χ1n) is 12.2. The first kappa shape index (κ1) is 27.3. The minimum Gasteiger partial charge on any atom is -0.383 e. The molecule has 0 saturated carbocycles. The van der Waals surface area contributed by atoms with Crippen molar-refractivity contribution in [1.82, 2.24) is 15.3 Å². The van der Waals surface area contributed by atoms with Gasteiger partial charge in [-0.2, -0.15) is 4.98 Å². The molecule has 1 aliphatic rings. The van der Waals surface area contributed by atoms with Gasteiger partial charge in [0.15, 0.2) is 5.82 Å². The van der Waals surface area contributed by atoms with Gasteiger partial charge in [-0.15, -0.1) is 0 Å². The smallest absolute Gasteiger partial charge is 0.253 e. The Bertz CT molecular complexity index is 1370. The van der Waals surface area contributed by atoms with Crippen molar-refractivity contribution in [3.63, 3.8) is 0 Å². The summed E-state index contributed by atoms with van der Waals surface area (Å²) in [4.78, 5) is 35.6. The largest absolute Gasteiger partial charge is 0.383 e. The van der Waals surface area contributed by atoms with E-state index in [0.29, 0.717) is 25.3 Å². The van der Waals surface area contributed by atoms with E-state index in [0.717, 1.165) is 17.7 Å². The van der Waals surface area contributed by atoms with Crippen LogP contribution in [-0.2, 0) is 14.9 Å². The third-order valence-corrected chi connectivity index (χ3v) is 6.81. The van der Waals surface area contributed by atoms with E-state index in [4.69, 9.17) is 16.3 Å². The van der Waals surface area contributed by atoms with Crippen LogP contribution in [0.2, 0.25) is 5.02 Å². The van der Waals surface area contributed by atoms with Gasteiger partial charge in [-0.3, -0.25) is 9.59 Å². The van der Waals surface area contributed by atoms with E-state index in [1.165, 1.54) is 31.4 Å². The van der Waals surface area contributed by atoms with Crippen molar-refractivity contribution in [2.75, 3.05) is 42.8 Å². The summed E-state index contributed by atoms with van der Waals surface area (Å²) in [5.41, 5.74) is 2.37. The van der Waals surface area contributed by atoms with Crippen molar-refractivity contribution in [3.8, 4) is 0 Å². The predicted octanol–water partition coefficient (Wildman–Crippen LogP) is 5.17. The highest BCUT2D eigenvalue weighted by atomic mass is 35.5. The van der Waals surface area contributed by atoms with Crippen LogP contribution in [0.25, 0.3) is 0 Å². The van der Waals surface area contributed by atoms with Crippen molar-refractivity contribution < 1.29 is 18.7 Å². The monoisotopic (exact) mass is 540 g/mol. The zero-order chi connectivity index (χ0) is 27.4. The second-order valence-corrected chi connectivity index (χ2v) is 9.94. The number of carbonyl (C=O) groups excluding carboxylic acids is 2. The lowest BCUT2D eigenvalue weighted by Crippen LogP contribution is -2.33. The minimum absolute atomic E-state index is 0.0389. The van der Waals surface area contributed by atoms with Gasteiger partial charge in [0, 0.05) is 38.5 Å². The van der Waals surface area contributed by atoms with E-state index in [9.17, 15) is 14.0 Å². The SMILES string of the molecule is CNC(=O)c1cccc(F)c1Nc1nc(Nc2ccc3c(c2)N(CCOC)C(=O)CCC3(C)C)ncc1Cl. The number of nitrogens with one attached hydrogen (secondary N) is 3. The minimum atomic E-state index is -0.635. The van der Waals surface area contributed by atoms with E-state index >= 15 is 0 Å². The molecule has 1 aliphatic heterocycles. The molecule has 9 nitrogen and oxygen atoms in total. The Morgan fingerprint density at radius 2 is 2.03 bits per heavy atom. The number of halogens is 2. The maximum Gasteiger partial charge on any atom is 0.253 e. The van der Waals surface area contributed by atoms with Crippen molar-refractivity contribution >= 4 is 52.2 Å². The number of nitrogens with zero attached hydrogens (tertiary/aromatic N) is 3. The van der Waals surface area contributed by atoms with Crippen LogP contribution in [0.4, 0.5) is 33.2 Å². The number of benzene rings is 2. The number of para-hydroxylation sites is 1. The first-order chi connectivity index (χ1) is 18.1. The van der Waals surface area contributed by atoms with Crippen LogP contribution in [0.1, 0.15) is 42.6 Å². The van der Waals surface area contributed by atoms with Crippen LogP contribution in [-0.4, -0.2) is 49.1 Å². The summed E-state index contributed by atoms with van der Waals surface area (Å²) in [6.07, 6.45) is 2.55. The molecule has 3 aromatic rings. The van der Waals surface area contributed by atoms with Gasteiger partial charge in [0.05, 0.1) is 24.1 Å². The van der Waals surface area contributed by atoms with Crippen LogP contribution in [0.15, 0.2) is 42.6 Å². The Kier molecular flexibility index (Phi) is 8.13. The lowest BCUT2D eigenvalue weighted by molar-refractivity contribution is -0.118. The maximum absolute atomic E-state index is 14.6. The number of amides is 2. The number of fused-ring (bicyclic) bond motifs is 1. The van der Waals surface area contributed by atoms with Crippen LogP contribution >= 0.6 is 11.6 Å². The Hall–Kier alpha value is -3.76. The fourth-order valence-electron chi connectivity index (χ4n) is 4.39. The van der Waals surface area contributed by atoms with Crippen molar-refractivity contribution in [1.29, 1.82) is 0 Å². The molecule has 1 aromatic heterocycles. The molecule has 0 saturated heterocycles. The Labute approximate surface area is 225 Å². The molecule has 0 aliphatic carbocycles. The molecule has 200 valence electrons. The molecule has 11 heteroatoms. The van der Waals surface area contributed by atoms with Crippen molar-refractivity contribution in [3.05, 3.63) is 64.6 Å². The lowest BCUT2D eigenvalue weighted by atomic mass is 9.80. The third-order valence-electron chi connectivity index (χ3n) is 6.53. The zero-order valence-electron chi connectivity index (χ0n) is 21.7. The fourth-order valence-corrected chi connectivity index (χ4v) is 4.53. The maximum atomic E-state index is 14.6. The van der Waals surface area contributed by atoms with Crippen LogP contribution in [0.5, 0.6) is 0 Å². The van der Waals surface area contributed by atoms with Gasteiger partial charge in [-0.1, -0.05) is 37.6 Å². The van der Waals surface area contributed by atoms with Gasteiger partial charge in [0.1, 0.15) is 10.8 Å². The Morgan fingerprint density at radius 1 is 1.24 bits per heavy atom. The molecule has 2 aromatic carbocycles. The quantitative estimate of drug-likeness (QED) is 0.362. The molecule has 2 heterocycles. The molecule has 0 fully saturated rings. The molecule has 0 unspecified atom stereocenters. The summed E-state index contributed by atoms with van der Waals surface area (Å²) in [7, 11) is 3.07. The number of methoxy groups -OCH3 is 1. The average molecular weight is 541 g/mol. The molecule has 0 atom stereocenters. The zero-order valence-corrected chi connectivity index (χ0v) is 22.4. The van der Waals surface area contributed by atoms with Gasteiger partial charge in [0.25, 0.3) is 5.91 Å². The van der Waals surface area contributed by atoms with E-state index < -0.39 is 11.7 Å². The molecule has 4 rings (SSSR count). The topological polar surface area (TPSA) is 108 Å². The summed E-state index contributed by atoms with van der Waals surface area (Å²) in [6.45, 7) is 5.10. The third kappa shape index (κ3) is 5.71. The number of aromatic nitrogens is 2. The summed E-state index contributed by atoms with van der Waals surface area (Å²) in [6, 6.07) is 9.96. The molecule has 0 bridgehead atoms. The average Bonchev–Trinajstić information content (AvgIpc) is 2.99. The molecular weight excluding hydrogens is 511 g/mol. The first-order valence-corrected chi connectivity index (χ1v) is 12.5. The van der Waals surface area contributed by atoms with Crippen molar-refractivity contribution in [2.24, 2.45) is 0 Å². The number of hydrogen-bond acceptors (Lipinski definition) is 7. The second-order valence-electron chi connectivity index (χ2n) is 9.54. The predicted molar refractivity (Wildman–Crippen MR) is 146 cm³/mol. The van der Waals surface area contributed by atoms with E-state index in [1.54, 1.807) is 12.0 Å². The van der Waals surface area contributed by atoms with Gasteiger partial charge >= 0.3 is 0 Å². The van der Waals surface area contributed by atoms with Gasteiger partial charge in [-0.05, 0) is 41.7 Å². The Morgan fingerprint density at radius 3 is 2.76 bits per heavy atom. The van der Waals surface area contributed by atoms with Crippen molar-refractivity contribution in [2.45, 2.75) is 32.1 Å². The van der Waals surface area contributed by atoms with E-state index in [-0.39, 0.29) is 39.4 Å². The normalized spacial score (nSPS) is 14.5.